The lowest BCUT2D eigenvalue weighted by Gasteiger charge is -2.33. The monoisotopic (exact) mass is 617 g/mol. The summed E-state index contributed by atoms with van der Waals surface area (Å²) in [5.74, 6) is -0.523. The maximum Gasteiger partial charge on any atom is 0.243 e. The third-order valence-electron chi connectivity index (χ3n) is 6.82. The molecule has 3 rings (SSSR count). The SMILES string of the molecule is CC[C@H](C)NC(=O)[C@H](Cc1ccccc1)N(Cc1ccccc1Cl)C(=O)CCCN(c1cccc(Cl)c1)S(C)(=O)=O. The van der Waals surface area contributed by atoms with Crippen molar-refractivity contribution in [2.45, 2.75) is 58.2 Å². The van der Waals surface area contributed by atoms with Gasteiger partial charge in [0.25, 0.3) is 0 Å². The summed E-state index contributed by atoms with van der Waals surface area (Å²) in [5, 5.41) is 3.95. The standard InChI is InChI=1S/C31H37Cl2N3O4S/c1-4-23(2)34-31(38)29(20-24-12-6-5-7-13-24)35(22-25-14-8-9-17-28(25)33)30(37)18-11-19-36(41(3,39)40)27-16-10-15-26(32)21-27/h5-10,12-17,21,23,29H,4,11,18-20,22H2,1-3H3,(H,34,38)/t23-,29-/m0/s1. The molecule has 0 fully saturated rings. The van der Waals surface area contributed by atoms with Crippen LogP contribution in [0, 0.1) is 0 Å². The summed E-state index contributed by atoms with van der Waals surface area (Å²) in [6.07, 6.45) is 2.44. The minimum absolute atomic E-state index is 0.0267. The second-order valence-electron chi connectivity index (χ2n) is 10.1. The molecule has 0 heterocycles. The van der Waals surface area contributed by atoms with Crippen LogP contribution in [0.15, 0.2) is 78.9 Å². The quantitative estimate of drug-likeness (QED) is 0.237. The second kappa shape index (κ2) is 15.2. The number of halogens is 2. The van der Waals surface area contributed by atoms with Crippen molar-refractivity contribution < 1.29 is 18.0 Å². The highest BCUT2D eigenvalue weighted by Crippen LogP contribution is 2.24. The minimum atomic E-state index is -3.63. The van der Waals surface area contributed by atoms with E-state index in [0.717, 1.165) is 18.2 Å². The second-order valence-corrected chi connectivity index (χ2v) is 12.8. The van der Waals surface area contributed by atoms with Gasteiger partial charge in [0.2, 0.25) is 21.8 Å². The van der Waals surface area contributed by atoms with E-state index in [1.54, 1.807) is 35.2 Å². The number of sulfonamides is 1. The number of benzene rings is 3. The van der Waals surface area contributed by atoms with Gasteiger partial charge in [-0.1, -0.05) is 84.7 Å². The molecule has 0 saturated carbocycles. The average Bonchev–Trinajstić information content (AvgIpc) is 2.93. The summed E-state index contributed by atoms with van der Waals surface area (Å²) in [6.45, 7) is 4.12. The number of carbonyl (C=O) groups is 2. The number of carbonyl (C=O) groups excluding carboxylic acids is 2. The van der Waals surface area contributed by atoms with Crippen LogP contribution in [0.2, 0.25) is 10.0 Å². The van der Waals surface area contributed by atoms with Crippen molar-refractivity contribution in [3.63, 3.8) is 0 Å². The van der Waals surface area contributed by atoms with Crippen LogP contribution >= 0.6 is 23.2 Å². The smallest absolute Gasteiger partial charge is 0.243 e. The van der Waals surface area contributed by atoms with Crippen LogP contribution in [-0.2, 0) is 32.6 Å². The first-order valence-corrected chi connectivity index (χ1v) is 16.2. The molecule has 0 aliphatic carbocycles. The highest BCUT2D eigenvalue weighted by Gasteiger charge is 2.31. The maximum absolute atomic E-state index is 13.9. The van der Waals surface area contributed by atoms with Gasteiger partial charge < -0.3 is 10.2 Å². The van der Waals surface area contributed by atoms with Gasteiger partial charge in [0.05, 0.1) is 11.9 Å². The van der Waals surface area contributed by atoms with Crippen molar-refractivity contribution in [3.05, 3.63) is 100 Å². The lowest BCUT2D eigenvalue weighted by molar-refractivity contribution is -0.141. The molecule has 0 saturated heterocycles. The Hall–Kier alpha value is -3.07. The predicted molar refractivity (Wildman–Crippen MR) is 167 cm³/mol. The van der Waals surface area contributed by atoms with Crippen LogP contribution in [0.5, 0.6) is 0 Å². The van der Waals surface area contributed by atoms with Crippen LogP contribution in [-0.4, -0.2) is 50.0 Å². The zero-order chi connectivity index (χ0) is 30.0. The molecule has 2 atom stereocenters. The Balaban J connectivity index is 1.90. The molecule has 0 aliphatic heterocycles. The van der Waals surface area contributed by atoms with Crippen molar-refractivity contribution in [2.24, 2.45) is 0 Å². The number of anilines is 1. The largest absolute Gasteiger partial charge is 0.352 e. The molecule has 0 aliphatic rings. The first kappa shape index (κ1) is 32.4. The molecular weight excluding hydrogens is 581 g/mol. The first-order valence-electron chi connectivity index (χ1n) is 13.6. The van der Waals surface area contributed by atoms with E-state index in [4.69, 9.17) is 23.2 Å². The summed E-state index contributed by atoms with van der Waals surface area (Å²) in [5.41, 5.74) is 2.06. The summed E-state index contributed by atoms with van der Waals surface area (Å²) in [6, 6.07) is 22.5. The third-order valence-corrected chi connectivity index (χ3v) is 8.62. The van der Waals surface area contributed by atoms with Gasteiger partial charge in [0, 0.05) is 42.0 Å². The van der Waals surface area contributed by atoms with Crippen LogP contribution in [0.3, 0.4) is 0 Å². The number of nitrogens with zero attached hydrogens (tertiary/aromatic N) is 2. The molecule has 0 unspecified atom stereocenters. The Bertz CT molecular complexity index is 1420. The Morgan fingerprint density at radius 1 is 0.951 bits per heavy atom. The minimum Gasteiger partial charge on any atom is -0.352 e. The Labute approximate surface area is 253 Å². The molecule has 10 heteroatoms. The van der Waals surface area contributed by atoms with E-state index in [1.165, 1.54) is 4.31 Å². The normalized spacial score (nSPS) is 12.8. The summed E-state index contributed by atoms with van der Waals surface area (Å²) < 4.78 is 26.4. The molecule has 41 heavy (non-hydrogen) atoms. The van der Waals surface area contributed by atoms with Crippen molar-refractivity contribution in [1.29, 1.82) is 0 Å². The maximum atomic E-state index is 13.9. The van der Waals surface area contributed by atoms with Crippen LogP contribution in [0.25, 0.3) is 0 Å². The van der Waals surface area contributed by atoms with Gasteiger partial charge in [-0.25, -0.2) is 8.42 Å². The van der Waals surface area contributed by atoms with E-state index in [-0.39, 0.29) is 43.8 Å². The molecule has 1 N–H and O–H groups in total. The van der Waals surface area contributed by atoms with Gasteiger partial charge in [0.15, 0.2) is 0 Å². The Morgan fingerprint density at radius 2 is 1.63 bits per heavy atom. The van der Waals surface area contributed by atoms with Gasteiger partial charge in [-0.3, -0.25) is 13.9 Å². The lowest BCUT2D eigenvalue weighted by Crippen LogP contribution is -2.52. The molecule has 7 nitrogen and oxygen atoms in total. The summed E-state index contributed by atoms with van der Waals surface area (Å²) >= 11 is 12.6. The molecule has 0 bridgehead atoms. The van der Waals surface area contributed by atoms with E-state index in [9.17, 15) is 18.0 Å². The number of amides is 2. The Morgan fingerprint density at radius 3 is 2.27 bits per heavy atom. The number of hydrogen-bond donors (Lipinski definition) is 1. The molecule has 3 aromatic carbocycles. The third kappa shape index (κ3) is 9.76. The van der Waals surface area contributed by atoms with Gasteiger partial charge in [-0.05, 0) is 55.2 Å². The van der Waals surface area contributed by atoms with E-state index in [1.807, 2.05) is 62.4 Å². The molecule has 0 aromatic heterocycles. The fourth-order valence-electron chi connectivity index (χ4n) is 4.44. The lowest BCUT2D eigenvalue weighted by atomic mass is 10.0. The number of rotatable bonds is 14. The predicted octanol–water partition coefficient (Wildman–Crippen LogP) is 6.09. The van der Waals surface area contributed by atoms with Crippen LogP contribution < -0.4 is 9.62 Å². The van der Waals surface area contributed by atoms with E-state index in [2.05, 4.69) is 5.32 Å². The molecular formula is C31H37Cl2N3O4S. The summed E-state index contributed by atoms with van der Waals surface area (Å²) in [4.78, 5) is 29.1. The number of hydrogen-bond acceptors (Lipinski definition) is 4. The molecule has 3 aromatic rings. The van der Waals surface area contributed by atoms with Crippen molar-refractivity contribution in [3.8, 4) is 0 Å². The highest BCUT2D eigenvalue weighted by atomic mass is 35.5. The molecule has 2 amide bonds. The fourth-order valence-corrected chi connectivity index (χ4v) is 5.78. The fraction of sp³-hybridized carbons (Fsp3) is 0.355. The van der Waals surface area contributed by atoms with E-state index >= 15 is 0 Å². The van der Waals surface area contributed by atoms with Gasteiger partial charge in [-0.15, -0.1) is 0 Å². The van der Waals surface area contributed by atoms with Gasteiger partial charge >= 0.3 is 0 Å². The van der Waals surface area contributed by atoms with E-state index in [0.29, 0.717) is 27.7 Å². The zero-order valence-electron chi connectivity index (χ0n) is 23.6. The van der Waals surface area contributed by atoms with E-state index < -0.39 is 16.1 Å². The average molecular weight is 619 g/mol. The van der Waals surface area contributed by atoms with Gasteiger partial charge in [-0.2, -0.15) is 0 Å². The van der Waals surface area contributed by atoms with Crippen molar-refractivity contribution in [1.82, 2.24) is 10.2 Å². The first-order chi connectivity index (χ1) is 19.5. The van der Waals surface area contributed by atoms with Crippen LogP contribution in [0.1, 0.15) is 44.2 Å². The van der Waals surface area contributed by atoms with Gasteiger partial charge in [0.1, 0.15) is 6.04 Å². The summed E-state index contributed by atoms with van der Waals surface area (Å²) in [7, 11) is -3.63. The number of nitrogens with one attached hydrogen (secondary N) is 1. The molecule has 220 valence electrons. The highest BCUT2D eigenvalue weighted by molar-refractivity contribution is 7.92. The van der Waals surface area contributed by atoms with Crippen LogP contribution in [0.4, 0.5) is 5.69 Å². The molecule has 0 radical (unpaired) electrons. The Kier molecular flexibility index (Phi) is 12.1. The topological polar surface area (TPSA) is 86.8 Å². The zero-order valence-corrected chi connectivity index (χ0v) is 25.9. The van der Waals surface area contributed by atoms with Crippen molar-refractivity contribution in [2.75, 3.05) is 17.1 Å². The van der Waals surface area contributed by atoms with Crippen molar-refractivity contribution >= 4 is 50.7 Å². The molecule has 0 spiro atoms.